The van der Waals surface area contributed by atoms with Gasteiger partial charge in [0.05, 0.1) is 0 Å². The van der Waals surface area contributed by atoms with Crippen molar-refractivity contribution in [3.63, 3.8) is 0 Å². The van der Waals surface area contributed by atoms with Gasteiger partial charge in [-0.15, -0.1) is 0 Å². The topological polar surface area (TPSA) is 29.3 Å². The molecule has 1 saturated heterocycles. The van der Waals surface area contributed by atoms with Crippen molar-refractivity contribution < 1.29 is 0 Å². The summed E-state index contributed by atoms with van der Waals surface area (Å²) in [6.45, 7) is 7.99. The van der Waals surface area contributed by atoms with E-state index in [-0.39, 0.29) is 0 Å². The van der Waals surface area contributed by atoms with Gasteiger partial charge in [-0.2, -0.15) is 0 Å². The lowest BCUT2D eigenvalue weighted by Crippen LogP contribution is -2.42. The molecule has 0 aromatic heterocycles. The molecule has 0 aliphatic carbocycles. The van der Waals surface area contributed by atoms with E-state index in [9.17, 15) is 0 Å². The Morgan fingerprint density at radius 1 is 1.36 bits per heavy atom. The Morgan fingerprint density at radius 2 is 2.14 bits per heavy atom. The van der Waals surface area contributed by atoms with Gasteiger partial charge >= 0.3 is 0 Å². The standard InChI is InChI=1S/C12H26N2/c1-3-11(2)10-14-8-6-4-5-7-12(14)9-13/h11-12H,3-10,13H2,1-2H3. The van der Waals surface area contributed by atoms with Crippen LogP contribution in [0, 0.1) is 5.92 Å². The second kappa shape index (κ2) is 6.41. The van der Waals surface area contributed by atoms with Crippen LogP contribution in [-0.4, -0.2) is 30.6 Å². The number of likely N-dealkylation sites (tertiary alicyclic amines) is 1. The second-order valence-corrected chi connectivity index (χ2v) is 4.75. The first-order chi connectivity index (χ1) is 6.77. The zero-order chi connectivity index (χ0) is 10.4. The lowest BCUT2D eigenvalue weighted by Gasteiger charge is -2.31. The molecular formula is C12H26N2. The molecule has 1 fully saturated rings. The molecule has 2 nitrogen and oxygen atoms in total. The first-order valence-electron chi connectivity index (χ1n) is 6.22. The number of rotatable bonds is 4. The Kier molecular flexibility index (Phi) is 5.49. The third-order valence-corrected chi connectivity index (χ3v) is 3.51. The zero-order valence-electron chi connectivity index (χ0n) is 9.84. The summed E-state index contributed by atoms with van der Waals surface area (Å²) in [7, 11) is 0. The van der Waals surface area contributed by atoms with E-state index in [1.165, 1.54) is 45.2 Å². The zero-order valence-corrected chi connectivity index (χ0v) is 9.84. The van der Waals surface area contributed by atoms with Crippen molar-refractivity contribution in [2.45, 2.75) is 52.0 Å². The quantitative estimate of drug-likeness (QED) is 0.750. The first-order valence-corrected chi connectivity index (χ1v) is 6.22. The number of hydrogen-bond acceptors (Lipinski definition) is 2. The van der Waals surface area contributed by atoms with Crippen LogP contribution < -0.4 is 5.73 Å². The van der Waals surface area contributed by atoms with E-state index in [2.05, 4.69) is 18.7 Å². The van der Waals surface area contributed by atoms with Gasteiger partial charge in [-0.3, -0.25) is 4.90 Å². The van der Waals surface area contributed by atoms with Crippen LogP contribution in [0.4, 0.5) is 0 Å². The lowest BCUT2D eigenvalue weighted by molar-refractivity contribution is 0.176. The summed E-state index contributed by atoms with van der Waals surface area (Å²) in [6, 6.07) is 0.659. The molecule has 1 aliphatic heterocycles. The SMILES string of the molecule is CCC(C)CN1CCCCCC1CN. The molecule has 1 heterocycles. The van der Waals surface area contributed by atoms with Crippen molar-refractivity contribution >= 4 is 0 Å². The molecule has 2 unspecified atom stereocenters. The fourth-order valence-electron chi connectivity index (χ4n) is 2.27. The molecule has 0 aromatic carbocycles. The maximum Gasteiger partial charge on any atom is 0.0218 e. The monoisotopic (exact) mass is 198 g/mol. The van der Waals surface area contributed by atoms with Gasteiger partial charge in [-0.05, 0) is 25.3 Å². The minimum Gasteiger partial charge on any atom is -0.329 e. The Hall–Kier alpha value is -0.0800. The van der Waals surface area contributed by atoms with Gasteiger partial charge in [0.2, 0.25) is 0 Å². The summed E-state index contributed by atoms with van der Waals surface area (Å²) >= 11 is 0. The van der Waals surface area contributed by atoms with E-state index in [1.807, 2.05) is 0 Å². The summed E-state index contributed by atoms with van der Waals surface area (Å²) in [4.78, 5) is 2.63. The van der Waals surface area contributed by atoms with Crippen LogP contribution in [0.1, 0.15) is 46.0 Å². The van der Waals surface area contributed by atoms with Gasteiger partial charge in [-0.25, -0.2) is 0 Å². The molecule has 2 N–H and O–H groups in total. The molecule has 2 heteroatoms. The van der Waals surface area contributed by atoms with Crippen molar-refractivity contribution in [2.24, 2.45) is 11.7 Å². The molecular weight excluding hydrogens is 172 g/mol. The number of nitrogens with zero attached hydrogens (tertiary/aromatic N) is 1. The summed E-state index contributed by atoms with van der Waals surface area (Å²) in [5.41, 5.74) is 5.84. The van der Waals surface area contributed by atoms with Crippen molar-refractivity contribution in [2.75, 3.05) is 19.6 Å². The highest BCUT2D eigenvalue weighted by Gasteiger charge is 2.20. The highest BCUT2D eigenvalue weighted by Crippen LogP contribution is 2.18. The van der Waals surface area contributed by atoms with E-state index in [0.29, 0.717) is 6.04 Å². The minimum atomic E-state index is 0.659. The van der Waals surface area contributed by atoms with Gasteiger partial charge in [0.25, 0.3) is 0 Å². The maximum atomic E-state index is 5.84. The van der Waals surface area contributed by atoms with Crippen molar-refractivity contribution in [1.29, 1.82) is 0 Å². The number of nitrogens with two attached hydrogens (primary N) is 1. The summed E-state index contributed by atoms with van der Waals surface area (Å²) < 4.78 is 0. The molecule has 0 bridgehead atoms. The largest absolute Gasteiger partial charge is 0.329 e. The average molecular weight is 198 g/mol. The Bertz CT molecular complexity index is 147. The fraction of sp³-hybridized carbons (Fsp3) is 1.00. The summed E-state index contributed by atoms with van der Waals surface area (Å²) in [6.07, 6.45) is 6.74. The van der Waals surface area contributed by atoms with E-state index in [4.69, 9.17) is 5.73 Å². The van der Waals surface area contributed by atoms with Crippen molar-refractivity contribution in [3.05, 3.63) is 0 Å². The smallest absolute Gasteiger partial charge is 0.0218 e. The molecule has 0 amide bonds. The third kappa shape index (κ3) is 3.58. The molecule has 1 aliphatic rings. The van der Waals surface area contributed by atoms with Crippen molar-refractivity contribution in [1.82, 2.24) is 4.90 Å². The van der Waals surface area contributed by atoms with Crippen LogP contribution in [0.15, 0.2) is 0 Å². The van der Waals surface area contributed by atoms with Gasteiger partial charge < -0.3 is 5.73 Å². The average Bonchev–Trinajstić information content (AvgIpc) is 2.42. The fourth-order valence-corrected chi connectivity index (χ4v) is 2.27. The van der Waals surface area contributed by atoms with E-state index >= 15 is 0 Å². The molecule has 14 heavy (non-hydrogen) atoms. The Balaban J connectivity index is 2.43. The van der Waals surface area contributed by atoms with Crippen LogP contribution in [0.5, 0.6) is 0 Å². The molecule has 0 saturated carbocycles. The molecule has 0 spiro atoms. The Labute approximate surface area is 88.8 Å². The van der Waals surface area contributed by atoms with Gasteiger partial charge in [-0.1, -0.05) is 33.1 Å². The lowest BCUT2D eigenvalue weighted by atomic mass is 10.1. The van der Waals surface area contributed by atoms with Crippen LogP contribution in [0.25, 0.3) is 0 Å². The normalized spacial score (nSPS) is 27.2. The molecule has 0 aromatic rings. The first kappa shape index (κ1) is 12.0. The minimum absolute atomic E-state index is 0.659. The van der Waals surface area contributed by atoms with Crippen LogP contribution >= 0.6 is 0 Å². The molecule has 2 atom stereocenters. The summed E-state index contributed by atoms with van der Waals surface area (Å²) in [5.74, 6) is 0.821. The maximum absolute atomic E-state index is 5.84. The van der Waals surface area contributed by atoms with Crippen molar-refractivity contribution in [3.8, 4) is 0 Å². The highest BCUT2D eigenvalue weighted by molar-refractivity contribution is 4.77. The van der Waals surface area contributed by atoms with Crippen LogP contribution in [0.2, 0.25) is 0 Å². The highest BCUT2D eigenvalue weighted by atomic mass is 15.2. The van der Waals surface area contributed by atoms with Crippen LogP contribution in [0.3, 0.4) is 0 Å². The predicted octanol–water partition coefficient (Wildman–Crippen LogP) is 2.24. The molecule has 0 radical (unpaired) electrons. The molecule has 84 valence electrons. The predicted molar refractivity (Wildman–Crippen MR) is 62.3 cm³/mol. The summed E-state index contributed by atoms with van der Waals surface area (Å²) in [5, 5.41) is 0. The van der Waals surface area contributed by atoms with Crippen LogP contribution in [-0.2, 0) is 0 Å². The van der Waals surface area contributed by atoms with E-state index in [1.54, 1.807) is 0 Å². The van der Waals surface area contributed by atoms with E-state index in [0.717, 1.165) is 12.5 Å². The number of hydrogen-bond donors (Lipinski definition) is 1. The van der Waals surface area contributed by atoms with Gasteiger partial charge in [0, 0.05) is 19.1 Å². The van der Waals surface area contributed by atoms with Gasteiger partial charge in [0.1, 0.15) is 0 Å². The van der Waals surface area contributed by atoms with Gasteiger partial charge in [0.15, 0.2) is 0 Å². The second-order valence-electron chi connectivity index (χ2n) is 4.75. The third-order valence-electron chi connectivity index (χ3n) is 3.51. The molecule has 1 rings (SSSR count). The Morgan fingerprint density at radius 3 is 2.79 bits per heavy atom. The van der Waals surface area contributed by atoms with E-state index < -0.39 is 0 Å².